The second-order valence-corrected chi connectivity index (χ2v) is 4.76. The van der Waals surface area contributed by atoms with E-state index in [1.54, 1.807) is 36.4 Å². The van der Waals surface area contributed by atoms with Gasteiger partial charge < -0.3 is 20.4 Å². The van der Waals surface area contributed by atoms with Crippen molar-refractivity contribution in [2.45, 2.75) is 12.8 Å². The molecular weight excluding hydrogens is 318 g/mol. The van der Waals surface area contributed by atoms with E-state index in [1.165, 1.54) is 6.26 Å². The summed E-state index contributed by atoms with van der Waals surface area (Å²) in [5.74, 6) is -0.0848. The van der Waals surface area contributed by atoms with Crippen LogP contribution < -0.4 is 16.0 Å². The van der Waals surface area contributed by atoms with Gasteiger partial charge in [-0.15, -0.1) is 12.4 Å². The highest BCUT2D eigenvalue weighted by Gasteiger charge is 2.08. The molecule has 1 heterocycles. The standard InChI is InChI=1S/C16H19N3O3.ClH/c1-17-10-2-5-15(20)18-12-6-8-13(9-7-12)19-16(21)14-4-3-11-22-14;/h3-4,6-9,11,17H,2,5,10H2,1H3,(H,18,20)(H,19,21);1H. The first kappa shape index (κ1) is 18.7. The molecule has 0 aliphatic rings. The van der Waals surface area contributed by atoms with Crippen molar-refractivity contribution in [1.82, 2.24) is 5.32 Å². The quantitative estimate of drug-likeness (QED) is 0.678. The number of hydrogen-bond acceptors (Lipinski definition) is 4. The molecule has 1 aromatic heterocycles. The third kappa shape index (κ3) is 6.14. The lowest BCUT2D eigenvalue weighted by atomic mass is 10.2. The van der Waals surface area contributed by atoms with Crippen LogP contribution in [0.1, 0.15) is 23.4 Å². The Morgan fingerprint density at radius 3 is 2.26 bits per heavy atom. The number of nitrogens with one attached hydrogen (secondary N) is 3. The molecule has 23 heavy (non-hydrogen) atoms. The Morgan fingerprint density at radius 1 is 1.04 bits per heavy atom. The van der Waals surface area contributed by atoms with Gasteiger partial charge in [0.1, 0.15) is 0 Å². The number of anilines is 2. The van der Waals surface area contributed by atoms with E-state index >= 15 is 0 Å². The smallest absolute Gasteiger partial charge is 0.291 e. The lowest BCUT2D eigenvalue weighted by molar-refractivity contribution is -0.116. The van der Waals surface area contributed by atoms with Crippen LogP contribution in [0.5, 0.6) is 0 Å². The maximum atomic E-state index is 11.8. The first-order chi connectivity index (χ1) is 10.7. The van der Waals surface area contributed by atoms with Crippen LogP contribution in [-0.4, -0.2) is 25.4 Å². The lowest BCUT2D eigenvalue weighted by Gasteiger charge is -2.07. The van der Waals surface area contributed by atoms with Crippen LogP contribution in [-0.2, 0) is 4.79 Å². The molecule has 7 heteroatoms. The Kier molecular flexibility index (Phi) is 7.87. The molecule has 0 saturated carbocycles. The number of hydrogen-bond donors (Lipinski definition) is 3. The second-order valence-electron chi connectivity index (χ2n) is 4.76. The number of furan rings is 1. The Labute approximate surface area is 141 Å². The van der Waals surface area contributed by atoms with Crippen LogP contribution in [0.4, 0.5) is 11.4 Å². The minimum Gasteiger partial charge on any atom is -0.459 e. The zero-order valence-electron chi connectivity index (χ0n) is 12.8. The maximum Gasteiger partial charge on any atom is 0.291 e. The van der Waals surface area contributed by atoms with Gasteiger partial charge in [-0.1, -0.05) is 0 Å². The molecule has 1 aromatic carbocycles. The molecule has 0 aliphatic carbocycles. The van der Waals surface area contributed by atoms with E-state index < -0.39 is 0 Å². The van der Waals surface area contributed by atoms with Gasteiger partial charge in [-0.3, -0.25) is 9.59 Å². The summed E-state index contributed by atoms with van der Waals surface area (Å²) in [6.45, 7) is 0.811. The van der Waals surface area contributed by atoms with Crippen LogP contribution in [0.3, 0.4) is 0 Å². The van der Waals surface area contributed by atoms with Gasteiger partial charge in [0, 0.05) is 17.8 Å². The molecule has 124 valence electrons. The molecule has 2 rings (SSSR count). The van der Waals surface area contributed by atoms with E-state index in [0.29, 0.717) is 17.8 Å². The number of benzene rings is 1. The summed E-state index contributed by atoms with van der Waals surface area (Å²) in [6.07, 6.45) is 2.71. The highest BCUT2D eigenvalue weighted by molar-refractivity contribution is 6.02. The van der Waals surface area contributed by atoms with Crippen LogP contribution in [0.15, 0.2) is 47.1 Å². The van der Waals surface area contributed by atoms with Crippen molar-refractivity contribution < 1.29 is 14.0 Å². The number of amides is 2. The van der Waals surface area contributed by atoms with Crippen molar-refractivity contribution in [3.8, 4) is 0 Å². The third-order valence-corrected chi connectivity index (χ3v) is 3.00. The molecule has 0 unspecified atom stereocenters. The summed E-state index contributed by atoms with van der Waals surface area (Å²) in [7, 11) is 1.85. The molecular formula is C16H20ClN3O3. The number of carbonyl (C=O) groups is 2. The van der Waals surface area contributed by atoms with Gasteiger partial charge in [0.2, 0.25) is 5.91 Å². The van der Waals surface area contributed by atoms with Crippen LogP contribution in [0, 0.1) is 0 Å². The van der Waals surface area contributed by atoms with Gasteiger partial charge in [-0.25, -0.2) is 0 Å². The molecule has 0 bridgehead atoms. The lowest BCUT2D eigenvalue weighted by Crippen LogP contribution is -2.15. The minimum atomic E-state index is -0.311. The summed E-state index contributed by atoms with van der Waals surface area (Å²) >= 11 is 0. The number of halogens is 1. The molecule has 2 amide bonds. The van der Waals surface area contributed by atoms with E-state index in [9.17, 15) is 9.59 Å². The van der Waals surface area contributed by atoms with Crippen molar-refractivity contribution in [1.29, 1.82) is 0 Å². The highest BCUT2D eigenvalue weighted by Crippen LogP contribution is 2.15. The Balaban J connectivity index is 0.00000264. The minimum absolute atomic E-state index is 0. The molecule has 2 aromatic rings. The Bertz CT molecular complexity index is 612. The first-order valence-electron chi connectivity index (χ1n) is 7.08. The Morgan fingerprint density at radius 2 is 1.70 bits per heavy atom. The van der Waals surface area contributed by atoms with Crippen molar-refractivity contribution >= 4 is 35.6 Å². The number of rotatable bonds is 7. The van der Waals surface area contributed by atoms with Crippen LogP contribution in [0.25, 0.3) is 0 Å². The SMILES string of the molecule is CNCCCC(=O)Nc1ccc(NC(=O)c2ccco2)cc1.Cl. The highest BCUT2D eigenvalue weighted by atomic mass is 35.5. The predicted molar refractivity (Wildman–Crippen MR) is 92.1 cm³/mol. The van der Waals surface area contributed by atoms with E-state index in [-0.39, 0.29) is 30.0 Å². The van der Waals surface area contributed by atoms with Crippen LogP contribution in [0.2, 0.25) is 0 Å². The molecule has 0 saturated heterocycles. The topological polar surface area (TPSA) is 83.4 Å². The molecule has 0 radical (unpaired) electrons. The van der Waals surface area contributed by atoms with E-state index in [2.05, 4.69) is 16.0 Å². The monoisotopic (exact) mass is 337 g/mol. The second kappa shape index (κ2) is 9.66. The zero-order valence-corrected chi connectivity index (χ0v) is 13.6. The molecule has 6 nitrogen and oxygen atoms in total. The average Bonchev–Trinajstić information content (AvgIpc) is 3.04. The van der Waals surface area contributed by atoms with Crippen molar-refractivity contribution in [2.24, 2.45) is 0 Å². The fraction of sp³-hybridized carbons (Fsp3) is 0.250. The van der Waals surface area contributed by atoms with Gasteiger partial charge in [-0.05, 0) is 56.4 Å². The maximum absolute atomic E-state index is 11.8. The van der Waals surface area contributed by atoms with Gasteiger partial charge in [0.05, 0.1) is 6.26 Å². The van der Waals surface area contributed by atoms with Gasteiger partial charge in [0.15, 0.2) is 5.76 Å². The number of carbonyl (C=O) groups excluding carboxylic acids is 2. The molecule has 0 spiro atoms. The zero-order chi connectivity index (χ0) is 15.8. The molecule has 0 aliphatic heterocycles. The average molecular weight is 338 g/mol. The van der Waals surface area contributed by atoms with E-state index in [0.717, 1.165) is 13.0 Å². The first-order valence-corrected chi connectivity index (χ1v) is 7.08. The van der Waals surface area contributed by atoms with E-state index in [1.807, 2.05) is 7.05 Å². The summed E-state index contributed by atoms with van der Waals surface area (Å²) in [5, 5.41) is 8.52. The van der Waals surface area contributed by atoms with Gasteiger partial charge in [0.25, 0.3) is 5.91 Å². The van der Waals surface area contributed by atoms with Crippen LogP contribution >= 0.6 is 12.4 Å². The molecule has 0 atom stereocenters. The fourth-order valence-electron chi connectivity index (χ4n) is 1.89. The van der Waals surface area contributed by atoms with Crippen molar-refractivity contribution in [3.63, 3.8) is 0 Å². The Hall–Kier alpha value is -2.31. The summed E-state index contributed by atoms with van der Waals surface area (Å²) in [4.78, 5) is 23.5. The predicted octanol–water partition coefficient (Wildman–Crippen LogP) is 2.89. The van der Waals surface area contributed by atoms with Crippen molar-refractivity contribution in [2.75, 3.05) is 24.2 Å². The largest absolute Gasteiger partial charge is 0.459 e. The normalized spacial score (nSPS) is 9.78. The van der Waals surface area contributed by atoms with E-state index in [4.69, 9.17) is 4.42 Å². The molecule has 0 fully saturated rings. The summed E-state index contributed by atoms with van der Waals surface area (Å²) < 4.78 is 5.02. The molecule has 3 N–H and O–H groups in total. The third-order valence-electron chi connectivity index (χ3n) is 3.00. The summed E-state index contributed by atoms with van der Waals surface area (Å²) in [6, 6.07) is 10.2. The van der Waals surface area contributed by atoms with Gasteiger partial charge in [-0.2, -0.15) is 0 Å². The van der Waals surface area contributed by atoms with Crippen molar-refractivity contribution in [3.05, 3.63) is 48.4 Å². The summed E-state index contributed by atoms with van der Waals surface area (Å²) in [5.41, 5.74) is 1.33. The fourth-order valence-corrected chi connectivity index (χ4v) is 1.89. The van der Waals surface area contributed by atoms with Gasteiger partial charge >= 0.3 is 0 Å².